The number of hydrogen-bond acceptors (Lipinski definition) is 3. The molecule has 2 unspecified atom stereocenters. The van der Waals surface area contributed by atoms with Crippen LogP contribution in [0.25, 0.3) is 10.8 Å². The molecule has 35 heavy (non-hydrogen) atoms. The highest BCUT2D eigenvalue weighted by Crippen LogP contribution is 2.41. The van der Waals surface area contributed by atoms with Crippen molar-refractivity contribution in [1.29, 1.82) is 0 Å². The average Bonchev–Trinajstić information content (AvgIpc) is 3.12. The van der Waals surface area contributed by atoms with Gasteiger partial charge in [-0.1, -0.05) is 48.5 Å². The van der Waals surface area contributed by atoms with Crippen molar-refractivity contribution in [1.82, 2.24) is 15.2 Å². The Kier molecular flexibility index (Phi) is 6.59. The van der Waals surface area contributed by atoms with E-state index in [4.69, 9.17) is 0 Å². The molecular weight excluding hydrogens is 434 g/mol. The summed E-state index contributed by atoms with van der Waals surface area (Å²) < 4.78 is 0. The second-order valence-corrected chi connectivity index (χ2v) is 10.8. The molecule has 2 amide bonds. The van der Waals surface area contributed by atoms with Gasteiger partial charge in [-0.25, -0.2) is 0 Å². The minimum atomic E-state index is -0.900. The Morgan fingerprint density at radius 3 is 2.49 bits per heavy atom. The van der Waals surface area contributed by atoms with E-state index < -0.39 is 5.54 Å². The number of carbonyl (C=O) groups excluding carboxylic acids is 2. The van der Waals surface area contributed by atoms with Crippen molar-refractivity contribution in [3.05, 3.63) is 78.1 Å². The molecule has 2 saturated heterocycles. The van der Waals surface area contributed by atoms with Gasteiger partial charge in [-0.2, -0.15) is 0 Å². The van der Waals surface area contributed by atoms with Crippen molar-refractivity contribution < 1.29 is 9.59 Å². The number of pyridine rings is 1. The first-order valence-electron chi connectivity index (χ1n) is 12.9. The highest BCUT2D eigenvalue weighted by atomic mass is 16.2. The van der Waals surface area contributed by atoms with E-state index >= 15 is 0 Å². The van der Waals surface area contributed by atoms with E-state index in [0.29, 0.717) is 18.8 Å². The average molecular weight is 470 g/mol. The quantitative estimate of drug-likeness (QED) is 0.525. The minimum absolute atomic E-state index is 0.0610. The van der Waals surface area contributed by atoms with Crippen molar-refractivity contribution in [2.45, 2.75) is 76.4 Å². The third kappa shape index (κ3) is 5.09. The molecule has 1 N–H and O–H groups in total. The molecule has 182 valence electrons. The molecule has 0 radical (unpaired) electrons. The third-order valence-electron chi connectivity index (χ3n) is 7.82. The van der Waals surface area contributed by atoms with Crippen LogP contribution >= 0.6 is 0 Å². The zero-order chi connectivity index (χ0) is 24.4. The molecule has 2 atom stereocenters. The number of nitrogens with one attached hydrogen (secondary N) is 1. The van der Waals surface area contributed by atoms with Crippen LogP contribution in [-0.4, -0.2) is 39.3 Å². The van der Waals surface area contributed by atoms with Gasteiger partial charge in [-0.3, -0.25) is 14.6 Å². The maximum Gasteiger partial charge on any atom is 0.248 e. The summed E-state index contributed by atoms with van der Waals surface area (Å²) in [5.41, 5.74) is 1.59. The molecule has 3 aromatic rings. The number of aryl methyl sites for hydroxylation is 1. The summed E-state index contributed by atoms with van der Waals surface area (Å²) >= 11 is 0. The summed E-state index contributed by atoms with van der Waals surface area (Å²) in [5.74, 6) is 0.552. The molecule has 3 heterocycles. The molecule has 2 aromatic carbocycles. The van der Waals surface area contributed by atoms with Gasteiger partial charge in [-0.15, -0.1) is 0 Å². The Hall–Kier alpha value is -3.21. The van der Waals surface area contributed by atoms with Gasteiger partial charge in [0.05, 0.1) is 0 Å². The number of nitrogens with zero attached hydrogens (tertiary/aromatic N) is 2. The Labute approximate surface area is 207 Å². The standard InChI is InChI=1S/C30H35N3O2/c1-30(2,32-28(34)14-11-21-7-4-3-5-8-21)29(35)33-25-12-13-26(33)19-22(18-25)17-24-10-6-9-23-15-16-31-20-27(23)24/h3-10,15-16,20,22,25-26H,11-14,17-19H2,1-2H3,(H,32,34). The van der Waals surface area contributed by atoms with Crippen LogP contribution in [0.2, 0.25) is 0 Å². The molecule has 5 nitrogen and oxygen atoms in total. The van der Waals surface area contributed by atoms with E-state index in [1.807, 2.05) is 56.6 Å². The second kappa shape index (κ2) is 9.80. The normalized spacial score (nSPS) is 21.8. The van der Waals surface area contributed by atoms with Crippen LogP contribution < -0.4 is 5.32 Å². The van der Waals surface area contributed by atoms with Crippen LogP contribution in [-0.2, 0) is 22.4 Å². The van der Waals surface area contributed by atoms with Crippen LogP contribution in [0.3, 0.4) is 0 Å². The van der Waals surface area contributed by atoms with Gasteiger partial charge in [0.15, 0.2) is 0 Å². The number of benzene rings is 2. The van der Waals surface area contributed by atoms with Crippen LogP contribution in [0, 0.1) is 5.92 Å². The van der Waals surface area contributed by atoms with Crippen molar-refractivity contribution in [3.8, 4) is 0 Å². The van der Waals surface area contributed by atoms with Crippen molar-refractivity contribution in [3.63, 3.8) is 0 Å². The summed E-state index contributed by atoms with van der Waals surface area (Å²) in [4.78, 5) is 32.8. The van der Waals surface area contributed by atoms with Gasteiger partial charge in [-0.05, 0) is 80.9 Å². The Bertz CT molecular complexity index is 1190. The summed E-state index contributed by atoms with van der Waals surface area (Å²) in [6, 6.07) is 19.1. The summed E-state index contributed by atoms with van der Waals surface area (Å²) in [7, 11) is 0. The molecule has 2 aliphatic heterocycles. The van der Waals surface area contributed by atoms with Crippen molar-refractivity contribution in [2.75, 3.05) is 0 Å². The zero-order valence-electron chi connectivity index (χ0n) is 20.7. The number of hydrogen-bond donors (Lipinski definition) is 1. The topological polar surface area (TPSA) is 62.3 Å². The number of aromatic nitrogens is 1. The molecule has 2 fully saturated rings. The lowest BCUT2D eigenvalue weighted by Crippen LogP contribution is -2.60. The lowest BCUT2D eigenvalue weighted by molar-refractivity contribution is -0.145. The van der Waals surface area contributed by atoms with E-state index in [1.165, 1.54) is 16.3 Å². The Morgan fingerprint density at radius 2 is 1.74 bits per heavy atom. The Balaban J connectivity index is 1.21. The van der Waals surface area contributed by atoms with Gasteiger partial charge in [0.1, 0.15) is 5.54 Å². The summed E-state index contributed by atoms with van der Waals surface area (Å²) in [6.45, 7) is 3.70. The zero-order valence-corrected chi connectivity index (χ0v) is 20.7. The SMILES string of the molecule is CC(C)(NC(=O)CCc1ccccc1)C(=O)N1C2CCC1CC(Cc1cccc3ccncc13)C2. The first-order chi connectivity index (χ1) is 16.9. The number of piperidine rings is 1. The second-order valence-electron chi connectivity index (χ2n) is 10.8. The lowest BCUT2D eigenvalue weighted by atomic mass is 9.84. The predicted molar refractivity (Wildman–Crippen MR) is 139 cm³/mol. The molecule has 0 spiro atoms. The Morgan fingerprint density at radius 1 is 1.00 bits per heavy atom. The van der Waals surface area contributed by atoms with Crippen molar-refractivity contribution >= 4 is 22.6 Å². The van der Waals surface area contributed by atoms with Gasteiger partial charge >= 0.3 is 0 Å². The third-order valence-corrected chi connectivity index (χ3v) is 7.82. The molecular formula is C30H35N3O2. The van der Waals surface area contributed by atoms with Crippen LogP contribution in [0.1, 0.15) is 57.1 Å². The van der Waals surface area contributed by atoms with Gasteiger partial charge in [0, 0.05) is 36.3 Å². The van der Waals surface area contributed by atoms with E-state index in [9.17, 15) is 9.59 Å². The maximum atomic E-state index is 13.6. The molecule has 2 bridgehead atoms. The predicted octanol–water partition coefficient (Wildman–Crippen LogP) is 5.07. The molecule has 0 saturated carbocycles. The molecule has 0 aliphatic carbocycles. The van der Waals surface area contributed by atoms with E-state index in [0.717, 1.165) is 37.7 Å². The fourth-order valence-electron chi connectivity index (χ4n) is 6.14. The fraction of sp³-hybridized carbons (Fsp3) is 0.433. The van der Waals surface area contributed by atoms with Gasteiger partial charge in [0.25, 0.3) is 0 Å². The van der Waals surface area contributed by atoms with E-state index in [2.05, 4.69) is 39.5 Å². The summed E-state index contributed by atoms with van der Waals surface area (Å²) in [5, 5.41) is 5.50. The van der Waals surface area contributed by atoms with E-state index in [-0.39, 0.29) is 23.9 Å². The van der Waals surface area contributed by atoms with Crippen molar-refractivity contribution in [2.24, 2.45) is 5.92 Å². The minimum Gasteiger partial charge on any atom is -0.342 e. The molecule has 5 rings (SSSR count). The van der Waals surface area contributed by atoms with E-state index in [1.54, 1.807) is 0 Å². The molecule has 1 aromatic heterocycles. The molecule has 5 heteroatoms. The highest BCUT2D eigenvalue weighted by Gasteiger charge is 2.47. The van der Waals surface area contributed by atoms with Gasteiger partial charge in [0.2, 0.25) is 11.8 Å². The highest BCUT2D eigenvalue weighted by molar-refractivity contribution is 5.91. The van der Waals surface area contributed by atoms with Crippen LogP contribution in [0.5, 0.6) is 0 Å². The maximum absolute atomic E-state index is 13.6. The van der Waals surface area contributed by atoms with Gasteiger partial charge < -0.3 is 10.2 Å². The number of amides is 2. The summed E-state index contributed by atoms with van der Waals surface area (Å²) in [6.07, 6.45) is 10.1. The van der Waals surface area contributed by atoms with Crippen LogP contribution in [0.4, 0.5) is 0 Å². The number of carbonyl (C=O) groups is 2. The fourth-order valence-corrected chi connectivity index (χ4v) is 6.14. The lowest BCUT2D eigenvalue weighted by Gasteiger charge is -2.43. The first kappa shape index (κ1) is 23.5. The smallest absolute Gasteiger partial charge is 0.248 e. The molecule has 2 aliphatic rings. The van der Waals surface area contributed by atoms with Crippen LogP contribution in [0.15, 0.2) is 67.0 Å². The largest absolute Gasteiger partial charge is 0.342 e. The number of fused-ring (bicyclic) bond motifs is 3. The first-order valence-corrected chi connectivity index (χ1v) is 12.9. The number of rotatable bonds is 7. The monoisotopic (exact) mass is 469 g/mol.